The van der Waals surface area contributed by atoms with Crippen molar-refractivity contribution in [2.75, 3.05) is 6.61 Å². The molecule has 90 valence electrons. The van der Waals surface area contributed by atoms with Crippen LogP contribution in [0.1, 0.15) is 21.8 Å². The molecule has 2 aromatic rings. The molecule has 0 aromatic heterocycles. The Morgan fingerprint density at radius 3 is 2.67 bits per heavy atom. The van der Waals surface area contributed by atoms with Crippen LogP contribution in [0.15, 0.2) is 48.5 Å². The van der Waals surface area contributed by atoms with E-state index in [2.05, 4.69) is 0 Å². The fourth-order valence-electron chi connectivity index (χ4n) is 2.19. The Balaban J connectivity index is 2.02. The molecule has 18 heavy (non-hydrogen) atoms. The van der Waals surface area contributed by atoms with Gasteiger partial charge in [-0.25, -0.2) is 4.39 Å². The van der Waals surface area contributed by atoms with E-state index in [0.29, 0.717) is 17.9 Å². The van der Waals surface area contributed by atoms with Gasteiger partial charge >= 0.3 is 0 Å². The van der Waals surface area contributed by atoms with Crippen LogP contribution in [-0.4, -0.2) is 12.4 Å². The lowest BCUT2D eigenvalue weighted by atomic mass is 9.89. The molecule has 1 heterocycles. The van der Waals surface area contributed by atoms with Crippen LogP contribution in [0.5, 0.6) is 5.75 Å². The van der Waals surface area contributed by atoms with Crippen molar-refractivity contribution in [3.05, 3.63) is 65.5 Å². The number of ether oxygens (including phenoxy) is 1. The average molecular weight is 242 g/mol. The van der Waals surface area contributed by atoms with Crippen molar-refractivity contribution >= 4 is 5.78 Å². The van der Waals surface area contributed by atoms with Gasteiger partial charge in [0.1, 0.15) is 18.2 Å². The monoisotopic (exact) mass is 242 g/mol. The van der Waals surface area contributed by atoms with Gasteiger partial charge in [0, 0.05) is 0 Å². The van der Waals surface area contributed by atoms with Gasteiger partial charge in [0.15, 0.2) is 5.78 Å². The molecule has 0 amide bonds. The van der Waals surface area contributed by atoms with Gasteiger partial charge in [-0.2, -0.15) is 0 Å². The van der Waals surface area contributed by atoms with Crippen molar-refractivity contribution in [1.29, 1.82) is 0 Å². The first-order chi connectivity index (χ1) is 8.75. The molecule has 0 aliphatic carbocycles. The van der Waals surface area contributed by atoms with Gasteiger partial charge < -0.3 is 4.74 Å². The number of rotatable bonds is 1. The SMILES string of the molecule is O=C1c2cc(F)ccc2OCC1c1ccccc1. The summed E-state index contributed by atoms with van der Waals surface area (Å²) < 4.78 is 18.7. The first-order valence-electron chi connectivity index (χ1n) is 5.77. The topological polar surface area (TPSA) is 26.3 Å². The molecule has 2 aromatic carbocycles. The van der Waals surface area contributed by atoms with Gasteiger partial charge in [-0.3, -0.25) is 4.79 Å². The Morgan fingerprint density at radius 2 is 1.89 bits per heavy atom. The third-order valence-corrected chi connectivity index (χ3v) is 3.13. The van der Waals surface area contributed by atoms with Gasteiger partial charge in [-0.15, -0.1) is 0 Å². The molecule has 1 atom stereocenters. The third-order valence-electron chi connectivity index (χ3n) is 3.13. The van der Waals surface area contributed by atoms with E-state index in [1.165, 1.54) is 18.2 Å². The van der Waals surface area contributed by atoms with Crippen LogP contribution in [0.3, 0.4) is 0 Å². The quantitative estimate of drug-likeness (QED) is 0.767. The van der Waals surface area contributed by atoms with Crippen molar-refractivity contribution in [1.82, 2.24) is 0 Å². The molecule has 1 unspecified atom stereocenters. The largest absolute Gasteiger partial charge is 0.492 e. The highest BCUT2D eigenvalue weighted by Crippen LogP contribution is 2.32. The summed E-state index contributed by atoms with van der Waals surface area (Å²) in [6, 6.07) is 13.5. The molecule has 0 saturated carbocycles. The van der Waals surface area contributed by atoms with Crippen molar-refractivity contribution < 1.29 is 13.9 Å². The van der Waals surface area contributed by atoms with E-state index in [-0.39, 0.29) is 11.7 Å². The molecule has 0 N–H and O–H groups in total. The summed E-state index contributed by atoms with van der Waals surface area (Å²) in [4.78, 5) is 12.3. The average Bonchev–Trinajstić information content (AvgIpc) is 2.41. The predicted octanol–water partition coefficient (Wildman–Crippen LogP) is 3.18. The zero-order valence-corrected chi connectivity index (χ0v) is 9.60. The number of hydrogen-bond acceptors (Lipinski definition) is 2. The van der Waals surface area contributed by atoms with Crippen LogP contribution in [0.25, 0.3) is 0 Å². The van der Waals surface area contributed by atoms with E-state index >= 15 is 0 Å². The van der Waals surface area contributed by atoms with E-state index in [1.807, 2.05) is 30.3 Å². The van der Waals surface area contributed by atoms with Crippen LogP contribution in [0, 0.1) is 5.82 Å². The molecule has 1 aliphatic heterocycles. The van der Waals surface area contributed by atoms with Crippen LogP contribution in [0.2, 0.25) is 0 Å². The molecule has 0 radical (unpaired) electrons. The summed E-state index contributed by atoms with van der Waals surface area (Å²) in [5.74, 6) is -0.379. The van der Waals surface area contributed by atoms with Crippen molar-refractivity contribution in [3.8, 4) is 5.75 Å². The van der Waals surface area contributed by atoms with E-state index < -0.39 is 5.82 Å². The lowest BCUT2D eigenvalue weighted by molar-refractivity contribution is 0.0895. The third kappa shape index (κ3) is 1.78. The summed E-state index contributed by atoms with van der Waals surface area (Å²) in [5.41, 5.74) is 1.23. The molecule has 3 rings (SSSR count). The van der Waals surface area contributed by atoms with E-state index in [1.54, 1.807) is 0 Å². The minimum atomic E-state index is -0.417. The second kappa shape index (κ2) is 4.26. The maximum absolute atomic E-state index is 13.2. The highest BCUT2D eigenvalue weighted by molar-refractivity contribution is 6.04. The minimum absolute atomic E-state index is 0.0815. The molecule has 0 fully saturated rings. The van der Waals surface area contributed by atoms with Gasteiger partial charge in [-0.05, 0) is 23.8 Å². The highest BCUT2D eigenvalue weighted by Gasteiger charge is 2.30. The molecule has 0 bridgehead atoms. The van der Waals surface area contributed by atoms with Crippen LogP contribution < -0.4 is 4.74 Å². The first-order valence-corrected chi connectivity index (χ1v) is 5.77. The number of fused-ring (bicyclic) bond motifs is 1. The molecule has 3 heteroatoms. The smallest absolute Gasteiger partial charge is 0.177 e. The lowest BCUT2D eigenvalue weighted by Crippen LogP contribution is -2.26. The van der Waals surface area contributed by atoms with Crippen LogP contribution >= 0.6 is 0 Å². The number of halogens is 1. The van der Waals surface area contributed by atoms with Crippen LogP contribution in [0.4, 0.5) is 4.39 Å². The van der Waals surface area contributed by atoms with Crippen molar-refractivity contribution in [2.45, 2.75) is 5.92 Å². The normalized spacial score (nSPS) is 18.1. The number of hydrogen-bond donors (Lipinski definition) is 0. The second-order valence-corrected chi connectivity index (χ2v) is 4.28. The Bertz CT molecular complexity index is 593. The van der Waals surface area contributed by atoms with Crippen molar-refractivity contribution in [2.24, 2.45) is 0 Å². The Kier molecular flexibility index (Phi) is 2.59. The minimum Gasteiger partial charge on any atom is -0.492 e. The summed E-state index contributed by atoms with van der Waals surface area (Å²) in [6.45, 7) is 0.307. The number of carbonyl (C=O) groups excluding carboxylic acids is 1. The number of Topliss-reactive ketones (excluding diaryl/α,β-unsaturated/α-hetero) is 1. The number of carbonyl (C=O) groups is 1. The lowest BCUT2D eigenvalue weighted by Gasteiger charge is -2.24. The predicted molar refractivity (Wildman–Crippen MR) is 65.4 cm³/mol. The van der Waals surface area contributed by atoms with E-state index in [9.17, 15) is 9.18 Å². The molecular formula is C15H11FO2. The maximum atomic E-state index is 13.2. The zero-order chi connectivity index (χ0) is 12.5. The second-order valence-electron chi connectivity index (χ2n) is 4.28. The Hall–Kier alpha value is -2.16. The van der Waals surface area contributed by atoms with Gasteiger partial charge in [0.2, 0.25) is 0 Å². The summed E-state index contributed by atoms with van der Waals surface area (Å²) in [5, 5.41) is 0. The standard InChI is InChI=1S/C15H11FO2/c16-11-6-7-14-12(8-11)15(17)13(9-18-14)10-4-2-1-3-5-10/h1-8,13H,9H2. The van der Waals surface area contributed by atoms with E-state index in [4.69, 9.17) is 4.74 Å². The molecule has 0 spiro atoms. The zero-order valence-electron chi connectivity index (χ0n) is 9.60. The Labute approximate surface area is 104 Å². The summed E-state index contributed by atoms with van der Waals surface area (Å²) in [6.07, 6.45) is 0. The summed E-state index contributed by atoms with van der Waals surface area (Å²) in [7, 11) is 0. The van der Waals surface area contributed by atoms with Crippen molar-refractivity contribution in [3.63, 3.8) is 0 Å². The Morgan fingerprint density at radius 1 is 1.11 bits per heavy atom. The molecule has 0 saturated heterocycles. The molecule has 1 aliphatic rings. The van der Waals surface area contributed by atoms with E-state index in [0.717, 1.165) is 5.56 Å². The summed E-state index contributed by atoms with van der Waals surface area (Å²) >= 11 is 0. The fraction of sp³-hybridized carbons (Fsp3) is 0.133. The van der Waals surface area contributed by atoms with Gasteiger partial charge in [-0.1, -0.05) is 30.3 Å². The number of ketones is 1. The fourth-order valence-corrected chi connectivity index (χ4v) is 2.19. The molecular weight excluding hydrogens is 231 g/mol. The molecule has 2 nitrogen and oxygen atoms in total. The van der Waals surface area contributed by atoms with Gasteiger partial charge in [0.05, 0.1) is 11.5 Å². The maximum Gasteiger partial charge on any atom is 0.177 e. The van der Waals surface area contributed by atoms with Gasteiger partial charge in [0.25, 0.3) is 0 Å². The first kappa shape index (κ1) is 11.0. The number of benzene rings is 2. The highest BCUT2D eigenvalue weighted by atomic mass is 19.1. The van der Waals surface area contributed by atoms with Crippen LogP contribution in [-0.2, 0) is 0 Å².